The lowest BCUT2D eigenvalue weighted by Crippen LogP contribution is -2.31. The van der Waals surface area contributed by atoms with E-state index in [2.05, 4.69) is 9.17 Å². The molecule has 0 saturated heterocycles. The number of benzene rings is 3. The number of rotatable bonds is 5. The van der Waals surface area contributed by atoms with Gasteiger partial charge in [-0.1, -0.05) is 24.3 Å². The standard InChI is InChI=1S/C28H24F4N3O5PS/c1-34-23-13-22(25-18(27(34)36)5-4-6-24(25)40-42(38,39)28(30,31)32)35-21-12-16(9-10-20(21)33-26(23)35)15-7-8-17(19(29)11-15)14-41(2,3)37/h4-12,22-23H,13-14H2,1-3H3/t22-,23-/m1/s1/i1D3. The van der Waals surface area contributed by atoms with Gasteiger partial charge >= 0.3 is 15.6 Å². The highest BCUT2D eigenvalue weighted by molar-refractivity contribution is 7.88. The average Bonchev–Trinajstić information content (AvgIpc) is 3.40. The van der Waals surface area contributed by atoms with Gasteiger partial charge < -0.3 is 18.2 Å². The van der Waals surface area contributed by atoms with Gasteiger partial charge in [-0.2, -0.15) is 21.6 Å². The Morgan fingerprint density at radius 1 is 1.10 bits per heavy atom. The van der Waals surface area contributed by atoms with Gasteiger partial charge in [-0.25, -0.2) is 9.37 Å². The number of halogens is 4. The fourth-order valence-electron chi connectivity index (χ4n) is 5.59. The van der Waals surface area contributed by atoms with Gasteiger partial charge in [0, 0.05) is 34.8 Å². The Bertz CT molecular complexity index is 2060. The third-order valence-corrected chi connectivity index (χ3v) is 9.42. The molecule has 0 unspecified atom stereocenters. The number of fused-ring (bicyclic) bond motifs is 9. The van der Waals surface area contributed by atoms with E-state index < -0.39 is 59.3 Å². The highest BCUT2D eigenvalue weighted by atomic mass is 32.2. The third-order valence-electron chi connectivity index (χ3n) is 7.35. The van der Waals surface area contributed by atoms with E-state index in [9.17, 15) is 30.9 Å². The minimum atomic E-state index is -6.16. The van der Waals surface area contributed by atoms with Gasteiger partial charge in [-0.3, -0.25) is 4.79 Å². The molecule has 3 heterocycles. The van der Waals surface area contributed by atoms with E-state index >= 15 is 4.39 Å². The van der Waals surface area contributed by atoms with Crippen molar-refractivity contribution in [1.29, 1.82) is 0 Å². The van der Waals surface area contributed by atoms with Crippen molar-refractivity contribution in [1.82, 2.24) is 14.5 Å². The Balaban J connectivity index is 1.55. The van der Waals surface area contributed by atoms with Crippen LogP contribution < -0.4 is 4.18 Å². The maximum atomic E-state index is 15.0. The molecule has 14 heteroatoms. The van der Waals surface area contributed by atoms with Crippen LogP contribution in [-0.4, -0.2) is 54.6 Å². The zero-order chi connectivity index (χ0) is 32.9. The molecule has 220 valence electrons. The molecule has 0 radical (unpaired) electrons. The highest BCUT2D eigenvalue weighted by Crippen LogP contribution is 2.50. The highest BCUT2D eigenvalue weighted by Gasteiger charge is 2.50. The number of carbonyl (C=O) groups excluding carboxylic acids is 1. The topological polar surface area (TPSA) is 98.6 Å². The predicted octanol–water partition coefficient (Wildman–Crippen LogP) is 6.31. The summed E-state index contributed by atoms with van der Waals surface area (Å²) in [5, 5.41) is 0. The van der Waals surface area contributed by atoms with Crippen LogP contribution in [0.2, 0.25) is 0 Å². The summed E-state index contributed by atoms with van der Waals surface area (Å²) in [5.41, 5.74) is -4.37. The van der Waals surface area contributed by atoms with Gasteiger partial charge in [-0.15, -0.1) is 0 Å². The van der Waals surface area contributed by atoms with E-state index in [4.69, 9.17) is 4.11 Å². The summed E-state index contributed by atoms with van der Waals surface area (Å²) in [6, 6.07) is 10.4. The lowest BCUT2D eigenvalue weighted by molar-refractivity contribution is -0.0500. The first-order chi connectivity index (χ1) is 20.8. The molecule has 1 amide bonds. The number of amides is 1. The maximum absolute atomic E-state index is 15.0. The van der Waals surface area contributed by atoms with Crippen LogP contribution >= 0.6 is 7.14 Å². The van der Waals surface area contributed by atoms with Crippen LogP contribution in [0.25, 0.3) is 22.2 Å². The molecule has 0 N–H and O–H groups in total. The molecule has 2 bridgehead atoms. The van der Waals surface area contributed by atoms with Gasteiger partial charge in [0.1, 0.15) is 17.4 Å². The fourth-order valence-corrected chi connectivity index (χ4v) is 7.15. The molecule has 0 fully saturated rings. The summed E-state index contributed by atoms with van der Waals surface area (Å²) in [5.74, 6) is -2.26. The second-order valence-corrected chi connectivity index (χ2v) is 15.7. The van der Waals surface area contributed by atoms with Crippen LogP contribution in [0.1, 0.15) is 49.9 Å². The third kappa shape index (κ3) is 4.59. The van der Waals surface area contributed by atoms with Gasteiger partial charge in [0.25, 0.3) is 5.91 Å². The zero-order valence-corrected chi connectivity index (χ0v) is 23.7. The number of hydrogen-bond acceptors (Lipinski definition) is 6. The van der Waals surface area contributed by atoms with Crippen molar-refractivity contribution >= 4 is 34.2 Å². The SMILES string of the molecule is [2H]C([2H])([2H])N1C(=O)c2cccc(OS(=O)(=O)C(F)(F)F)c2[C@H]2C[C@@H]1c1nc3ccc(-c4ccc(CP(C)(C)=O)c(F)c4)cc3n12. The monoisotopic (exact) mass is 624 g/mol. The summed E-state index contributed by atoms with van der Waals surface area (Å²) >= 11 is 0. The first-order valence-electron chi connectivity index (χ1n) is 14.1. The summed E-state index contributed by atoms with van der Waals surface area (Å²) in [6.45, 7) is 0.115. The quantitative estimate of drug-likeness (QED) is 0.112. The molecule has 0 aliphatic carbocycles. The molecule has 0 spiro atoms. The number of nitrogens with zero attached hydrogens (tertiary/aromatic N) is 3. The Morgan fingerprint density at radius 2 is 1.81 bits per heavy atom. The molecule has 0 saturated carbocycles. The molecule has 1 aromatic heterocycles. The number of hydrogen-bond donors (Lipinski definition) is 0. The summed E-state index contributed by atoms with van der Waals surface area (Å²) in [7, 11) is -8.71. The van der Waals surface area contributed by atoms with Crippen LogP contribution in [0.15, 0.2) is 54.6 Å². The van der Waals surface area contributed by atoms with Crippen LogP contribution in [0.5, 0.6) is 5.75 Å². The smallest absolute Gasteiger partial charge is 0.376 e. The summed E-state index contributed by atoms with van der Waals surface area (Å²) in [6.07, 6.45) is -0.0760. The molecular weight excluding hydrogens is 597 g/mol. The van der Waals surface area contributed by atoms with E-state index in [0.29, 0.717) is 27.1 Å². The average molecular weight is 625 g/mol. The number of carbonyl (C=O) groups is 1. The second kappa shape index (κ2) is 9.40. The number of alkyl halides is 3. The molecule has 2 aliphatic heterocycles. The molecular formula is C28H24F4N3O5PS. The minimum Gasteiger partial charge on any atom is -0.376 e. The lowest BCUT2D eigenvalue weighted by Gasteiger charge is -2.24. The van der Waals surface area contributed by atoms with Crippen LogP contribution in [-0.2, 0) is 20.8 Å². The molecule has 8 nitrogen and oxygen atoms in total. The normalized spacial score (nSPS) is 20.0. The van der Waals surface area contributed by atoms with Crippen molar-refractivity contribution in [2.45, 2.75) is 30.2 Å². The summed E-state index contributed by atoms with van der Waals surface area (Å²) < 4.78 is 122. The predicted molar refractivity (Wildman–Crippen MR) is 148 cm³/mol. The molecule has 6 rings (SSSR count). The lowest BCUT2D eigenvalue weighted by atomic mass is 9.97. The summed E-state index contributed by atoms with van der Waals surface area (Å²) in [4.78, 5) is 18.8. The maximum Gasteiger partial charge on any atom is 0.534 e. The van der Waals surface area contributed by atoms with E-state index in [-0.39, 0.29) is 35.1 Å². The largest absolute Gasteiger partial charge is 0.534 e. The Kier molecular flexibility index (Phi) is 5.56. The van der Waals surface area contributed by atoms with E-state index in [0.717, 1.165) is 12.1 Å². The number of imidazole rings is 1. The Morgan fingerprint density at radius 3 is 2.48 bits per heavy atom. The van der Waals surface area contributed by atoms with E-state index in [1.807, 2.05) is 0 Å². The van der Waals surface area contributed by atoms with E-state index in [1.54, 1.807) is 42.2 Å². The van der Waals surface area contributed by atoms with Crippen molar-refractivity contribution in [3.8, 4) is 16.9 Å². The molecule has 4 aromatic rings. The Labute approximate surface area is 242 Å². The minimum absolute atomic E-state index is 0.0733. The second-order valence-electron chi connectivity index (χ2n) is 10.7. The van der Waals surface area contributed by atoms with Crippen molar-refractivity contribution in [2.75, 3.05) is 20.3 Å². The van der Waals surface area contributed by atoms with Gasteiger partial charge in [0.05, 0.1) is 30.3 Å². The Hall–Kier alpha value is -3.70. The molecule has 42 heavy (non-hydrogen) atoms. The molecule has 2 aliphatic rings. The van der Waals surface area contributed by atoms with Gasteiger partial charge in [0.15, 0.2) is 0 Å². The number of aromatic nitrogens is 2. The van der Waals surface area contributed by atoms with E-state index in [1.165, 1.54) is 18.2 Å². The van der Waals surface area contributed by atoms with Crippen molar-refractivity contribution in [2.24, 2.45) is 0 Å². The van der Waals surface area contributed by atoms with Crippen molar-refractivity contribution < 1.29 is 43.6 Å². The van der Waals surface area contributed by atoms with Crippen molar-refractivity contribution in [3.63, 3.8) is 0 Å². The van der Waals surface area contributed by atoms with Gasteiger partial charge in [-0.05, 0) is 60.4 Å². The molecule has 3 aromatic carbocycles. The van der Waals surface area contributed by atoms with Crippen LogP contribution in [0, 0.1) is 5.82 Å². The van der Waals surface area contributed by atoms with Crippen LogP contribution in [0.4, 0.5) is 17.6 Å². The van der Waals surface area contributed by atoms with Crippen LogP contribution in [0.3, 0.4) is 0 Å². The first-order valence-corrected chi connectivity index (χ1v) is 16.8. The first kappa shape index (κ1) is 24.9. The zero-order valence-electron chi connectivity index (χ0n) is 25.0. The fraction of sp³-hybridized carbons (Fsp3) is 0.286. The van der Waals surface area contributed by atoms with Gasteiger partial charge in [0.2, 0.25) is 0 Å². The van der Waals surface area contributed by atoms with Crippen molar-refractivity contribution in [3.05, 3.63) is 82.9 Å². The molecule has 2 atom stereocenters.